The van der Waals surface area contributed by atoms with Crippen molar-refractivity contribution in [1.29, 1.82) is 0 Å². The van der Waals surface area contributed by atoms with E-state index in [2.05, 4.69) is 41.6 Å². The second-order valence-corrected chi connectivity index (χ2v) is 15.0. The van der Waals surface area contributed by atoms with E-state index in [1.165, 1.54) is 11.1 Å². The van der Waals surface area contributed by atoms with Crippen molar-refractivity contribution in [3.05, 3.63) is 146 Å². The van der Waals surface area contributed by atoms with Gasteiger partial charge in [0, 0.05) is 61.4 Å². The fourth-order valence-corrected chi connectivity index (χ4v) is 10.0. The molecule has 6 aromatic rings. The number of fused-ring (bicyclic) bond motifs is 2. The van der Waals surface area contributed by atoms with Gasteiger partial charge in [-0.25, -0.2) is 0 Å². The van der Waals surface area contributed by atoms with Gasteiger partial charge in [-0.2, -0.15) is 0 Å². The first-order valence-corrected chi connectivity index (χ1v) is 17.7. The molecule has 2 atom stereocenters. The zero-order valence-corrected chi connectivity index (χ0v) is 26.3. The third-order valence-corrected chi connectivity index (χ3v) is 12.5. The minimum Gasteiger partial charge on any atom is -0.448 e. The number of nitrogens with zero attached hydrogens (tertiary/aromatic N) is 4. The summed E-state index contributed by atoms with van der Waals surface area (Å²) in [5.41, 5.74) is 2.34. The smallest absolute Gasteiger partial charge is 0.317 e. The lowest BCUT2D eigenvalue weighted by atomic mass is 9.82. The molecular weight excluding hydrogens is 602 g/mol. The van der Waals surface area contributed by atoms with Crippen LogP contribution in [0.5, 0.6) is 23.0 Å². The molecule has 2 aromatic carbocycles. The molecule has 1 fully saturated rings. The summed E-state index contributed by atoms with van der Waals surface area (Å²) in [4.78, 5) is 0. The van der Waals surface area contributed by atoms with Crippen LogP contribution in [0.3, 0.4) is 0 Å². The second-order valence-electron chi connectivity index (χ2n) is 11.7. The van der Waals surface area contributed by atoms with Crippen LogP contribution in [-0.4, -0.2) is 23.1 Å². The van der Waals surface area contributed by atoms with Gasteiger partial charge in [0.2, 0.25) is 0 Å². The monoisotopic (exact) mass is 634 g/mol. The zero-order chi connectivity index (χ0) is 29.8. The van der Waals surface area contributed by atoms with E-state index in [0.717, 1.165) is 48.7 Å². The summed E-state index contributed by atoms with van der Waals surface area (Å²) < 4.78 is 36.4. The molecule has 1 saturated carbocycles. The topological polar surface area (TPSA) is 56.6 Å². The van der Waals surface area contributed by atoms with Crippen LogP contribution in [0.15, 0.2) is 135 Å². The highest BCUT2D eigenvalue weighted by atomic mass is 31.2. The van der Waals surface area contributed by atoms with Crippen molar-refractivity contribution in [2.45, 2.75) is 31.5 Å². The van der Waals surface area contributed by atoms with Crippen LogP contribution in [0.2, 0.25) is 0 Å². The third kappa shape index (κ3) is 4.58. The van der Waals surface area contributed by atoms with Gasteiger partial charge in [-0.05, 0) is 97.5 Å². The molecule has 0 saturated heterocycles. The number of rotatable bonds is 8. The first-order chi connectivity index (χ1) is 22.2. The van der Waals surface area contributed by atoms with Gasteiger partial charge in [-0.15, -0.1) is 0 Å². The van der Waals surface area contributed by atoms with E-state index in [1.54, 1.807) is 0 Å². The second kappa shape index (κ2) is 10.9. The lowest BCUT2D eigenvalue weighted by Crippen LogP contribution is -2.56. The van der Waals surface area contributed by atoms with Crippen LogP contribution in [0.4, 0.5) is 0 Å². The minimum absolute atomic E-state index is 0.234. The summed E-state index contributed by atoms with van der Waals surface area (Å²) in [5.74, 6) is 2.73. The van der Waals surface area contributed by atoms with Gasteiger partial charge in [-0.3, -0.25) is 17.4 Å². The van der Waals surface area contributed by atoms with Crippen LogP contribution in [0.25, 0.3) is 0 Å². The van der Waals surface area contributed by atoms with Crippen molar-refractivity contribution < 1.29 is 18.5 Å². The van der Waals surface area contributed by atoms with Crippen molar-refractivity contribution in [1.82, 2.24) is 17.4 Å². The Hall–Kier alpha value is -4.38. The SMILES string of the molecule is c1cc2c(c(OP(n3cccc3)n3cccc3)c1)OC13Oc4c(cccc4OP(n4cccc4)n4cccc4)C[C@H]1CC[C@@H]3C2. The molecule has 2 aliphatic heterocycles. The fourth-order valence-electron chi connectivity index (χ4n) is 7.01. The lowest BCUT2D eigenvalue weighted by molar-refractivity contribution is -0.187. The third-order valence-electron chi connectivity index (χ3n) is 9.08. The van der Waals surface area contributed by atoms with Gasteiger partial charge in [0.15, 0.2) is 23.0 Å². The Kier molecular flexibility index (Phi) is 6.54. The van der Waals surface area contributed by atoms with E-state index >= 15 is 0 Å². The van der Waals surface area contributed by atoms with E-state index in [4.69, 9.17) is 18.5 Å². The van der Waals surface area contributed by atoms with Gasteiger partial charge in [0.05, 0.1) is 0 Å². The van der Waals surface area contributed by atoms with Crippen molar-refractivity contribution in [3.63, 3.8) is 0 Å². The Labute approximate surface area is 264 Å². The average Bonchev–Trinajstić information content (AvgIpc) is 3.91. The minimum atomic E-state index is -1.21. The predicted octanol–water partition coefficient (Wildman–Crippen LogP) is 8.59. The molecule has 45 heavy (non-hydrogen) atoms. The maximum Gasteiger partial charge on any atom is 0.317 e. The number of para-hydroxylation sites is 2. The lowest BCUT2D eigenvalue weighted by Gasteiger charge is -2.47. The average molecular weight is 635 g/mol. The summed E-state index contributed by atoms with van der Waals surface area (Å²) in [6.07, 6.45) is 20.2. The van der Waals surface area contributed by atoms with E-state index in [0.29, 0.717) is 0 Å². The molecule has 8 nitrogen and oxygen atoms in total. The molecule has 10 heteroatoms. The molecule has 0 bridgehead atoms. The molecule has 0 unspecified atom stereocenters. The van der Waals surface area contributed by atoms with Crippen LogP contribution in [0, 0.1) is 11.8 Å². The molecule has 9 rings (SSSR count). The van der Waals surface area contributed by atoms with E-state index in [1.807, 2.05) is 110 Å². The van der Waals surface area contributed by atoms with Gasteiger partial charge in [-0.1, -0.05) is 24.3 Å². The maximum atomic E-state index is 7.16. The van der Waals surface area contributed by atoms with E-state index in [9.17, 15) is 0 Å². The number of hydrogen-bond donors (Lipinski definition) is 0. The zero-order valence-electron chi connectivity index (χ0n) is 24.5. The first kappa shape index (κ1) is 27.0. The van der Waals surface area contributed by atoms with Crippen molar-refractivity contribution >= 4 is 16.9 Å². The number of aromatic nitrogens is 4. The highest BCUT2D eigenvalue weighted by molar-refractivity contribution is 7.49. The van der Waals surface area contributed by atoms with Crippen LogP contribution in [0.1, 0.15) is 24.0 Å². The van der Waals surface area contributed by atoms with Gasteiger partial charge < -0.3 is 18.5 Å². The summed E-state index contributed by atoms with van der Waals surface area (Å²) >= 11 is 0. The highest BCUT2D eigenvalue weighted by Crippen LogP contribution is 2.59. The molecule has 0 radical (unpaired) electrons. The van der Waals surface area contributed by atoms with E-state index < -0.39 is 22.7 Å². The Bertz CT molecular complexity index is 1700. The molecular formula is C35H32N4O4P2. The van der Waals surface area contributed by atoms with Crippen molar-refractivity contribution in [3.8, 4) is 23.0 Å². The maximum absolute atomic E-state index is 7.16. The molecule has 1 aliphatic carbocycles. The summed E-state index contributed by atoms with van der Waals surface area (Å²) in [7, 11) is -2.41. The van der Waals surface area contributed by atoms with Crippen molar-refractivity contribution in [2.75, 3.05) is 0 Å². The molecule has 1 spiro atoms. The summed E-state index contributed by atoms with van der Waals surface area (Å²) in [5, 5.41) is 0. The fraction of sp³-hybridized carbons (Fsp3) is 0.200. The van der Waals surface area contributed by atoms with E-state index in [-0.39, 0.29) is 11.8 Å². The quantitative estimate of drug-likeness (QED) is 0.157. The number of hydrogen-bond acceptors (Lipinski definition) is 4. The largest absolute Gasteiger partial charge is 0.448 e. The highest BCUT2D eigenvalue weighted by Gasteiger charge is 2.60. The molecule has 4 aromatic heterocycles. The summed E-state index contributed by atoms with van der Waals surface area (Å²) in [6, 6.07) is 28.7. The first-order valence-electron chi connectivity index (χ1n) is 15.4. The normalized spacial score (nSPS) is 21.4. The number of ether oxygens (including phenoxy) is 2. The Morgan fingerprint density at radius 1 is 0.511 bits per heavy atom. The van der Waals surface area contributed by atoms with Crippen LogP contribution in [-0.2, 0) is 12.8 Å². The van der Waals surface area contributed by atoms with Crippen LogP contribution >= 0.6 is 16.9 Å². The molecule has 6 heterocycles. The van der Waals surface area contributed by atoms with Gasteiger partial charge >= 0.3 is 16.9 Å². The summed E-state index contributed by atoms with van der Waals surface area (Å²) in [6.45, 7) is 0. The van der Waals surface area contributed by atoms with Gasteiger partial charge in [0.1, 0.15) is 0 Å². The number of benzene rings is 2. The molecule has 0 amide bonds. The van der Waals surface area contributed by atoms with Crippen LogP contribution < -0.4 is 18.5 Å². The Balaban J connectivity index is 1.08. The predicted molar refractivity (Wildman–Crippen MR) is 175 cm³/mol. The Morgan fingerprint density at radius 3 is 1.22 bits per heavy atom. The van der Waals surface area contributed by atoms with Crippen molar-refractivity contribution in [2.24, 2.45) is 11.8 Å². The van der Waals surface area contributed by atoms with Gasteiger partial charge in [0.25, 0.3) is 5.79 Å². The molecule has 3 aliphatic rings. The Morgan fingerprint density at radius 2 is 0.867 bits per heavy atom. The standard InChI is InChI=1S/C35H32N4O4P2/c1-2-18-36(17-1)44(37-19-3-4-20-37)42-31-13-9-11-27-25-29-15-16-30-26-28-12-10-14-32(34(28)41-35(29,30)40-33(27)31)43-45(38-21-5-6-22-38)39-23-7-8-24-39/h1-14,17-24,29-30H,15-16,25-26H2/t29-,30-,35?/m1/s1. The molecule has 0 N–H and O–H groups in total. The molecule has 226 valence electrons.